The van der Waals surface area contributed by atoms with Gasteiger partial charge in [-0.05, 0) is 116 Å². The van der Waals surface area contributed by atoms with Crippen molar-refractivity contribution >= 4 is 20.0 Å². The van der Waals surface area contributed by atoms with Gasteiger partial charge in [-0.15, -0.1) is 5.10 Å². The number of aliphatic carboxylic acids is 2. The number of carboxylic acid groups (broad SMARTS) is 2. The van der Waals surface area contributed by atoms with Crippen molar-refractivity contribution in [3.63, 3.8) is 0 Å². The average Bonchev–Trinajstić information content (AvgIpc) is 4.01. The van der Waals surface area contributed by atoms with Crippen LogP contribution in [0.3, 0.4) is 0 Å². The molecule has 0 saturated heterocycles. The van der Waals surface area contributed by atoms with Crippen molar-refractivity contribution in [3.05, 3.63) is 108 Å². The van der Waals surface area contributed by atoms with Gasteiger partial charge >= 0.3 is 24.3 Å². The van der Waals surface area contributed by atoms with Crippen LogP contribution in [0.25, 0.3) is 45.3 Å². The minimum absolute atomic E-state index is 0.0518. The predicted octanol–water partition coefficient (Wildman–Crippen LogP) is 12.4. The molecule has 372 valence electrons. The van der Waals surface area contributed by atoms with Crippen LogP contribution >= 0.6 is 0 Å². The number of aromatic nitrogens is 8. The fraction of sp³-hybridized carbons (Fsp3) is 0.440. The Bertz CT molecular complexity index is 2650. The summed E-state index contributed by atoms with van der Waals surface area (Å²) in [5, 5.41) is 27.5. The van der Waals surface area contributed by atoms with Gasteiger partial charge in [0.1, 0.15) is 6.73 Å². The van der Waals surface area contributed by atoms with Crippen molar-refractivity contribution in [1.29, 1.82) is 0 Å². The largest absolute Gasteiger partial charge is 0.481 e. The molecule has 2 saturated carbocycles. The minimum atomic E-state index is -4.65. The molecular weight excluding hydrogens is 935 g/mol. The molecular formula is C50H56F6N8O5Si. The second-order valence-corrected chi connectivity index (χ2v) is 25.0. The highest BCUT2D eigenvalue weighted by Crippen LogP contribution is 2.39. The molecule has 0 aliphatic heterocycles. The molecule has 8 rings (SSSR count). The van der Waals surface area contributed by atoms with Crippen LogP contribution in [0, 0.1) is 11.8 Å². The highest BCUT2D eigenvalue weighted by Gasteiger charge is 2.39. The highest BCUT2D eigenvalue weighted by atomic mass is 28.3. The molecule has 4 heterocycles. The van der Waals surface area contributed by atoms with Gasteiger partial charge in [0.2, 0.25) is 11.6 Å². The molecule has 0 atom stereocenters. The van der Waals surface area contributed by atoms with Crippen molar-refractivity contribution in [2.24, 2.45) is 11.8 Å². The van der Waals surface area contributed by atoms with Gasteiger partial charge in [-0.1, -0.05) is 68.2 Å². The van der Waals surface area contributed by atoms with E-state index in [2.05, 4.69) is 74.0 Å². The lowest BCUT2D eigenvalue weighted by Crippen LogP contribution is -2.23. The molecule has 4 aromatic heterocycles. The number of nitrogens with one attached hydrogen (secondary N) is 1. The van der Waals surface area contributed by atoms with E-state index >= 15 is 0 Å². The number of alkyl halides is 6. The zero-order valence-electron chi connectivity index (χ0n) is 39.1. The van der Waals surface area contributed by atoms with Crippen LogP contribution in [0.15, 0.2) is 85.2 Å². The van der Waals surface area contributed by atoms with Crippen molar-refractivity contribution in [3.8, 4) is 45.3 Å². The zero-order valence-corrected chi connectivity index (χ0v) is 40.1. The Hall–Kier alpha value is -6.28. The van der Waals surface area contributed by atoms with Gasteiger partial charge in [0, 0.05) is 62.2 Å². The first-order chi connectivity index (χ1) is 33.2. The number of carboxylic acids is 2. The maximum absolute atomic E-state index is 13.6. The van der Waals surface area contributed by atoms with Gasteiger partial charge in [-0.3, -0.25) is 24.7 Å². The third kappa shape index (κ3) is 14.2. The number of benzene rings is 2. The molecule has 0 bridgehead atoms. The molecule has 0 spiro atoms. The van der Waals surface area contributed by atoms with Crippen LogP contribution in [0.2, 0.25) is 25.7 Å². The molecule has 20 heteroatoms. The number of rotatable bonds is 15. The van der Waals surface area contributed by atoms with E-state index < -0.39 is 44.0 Å². The minimum Gasteiger partial charge on any atom is -0.481 e. The lowest BCUT2D eigenvalue weighted by molar-refractivity contribution is -0.150. The van der Waals surface area contributed by atoms with E-state index in [1.807, 2.05) is 29.4 Å². The normalized spacial score (nSPS) is 18.8. The number of hydrogen-bond acceptors (Lipinski definition) is 9. The van der Waals surface area contributed by atoms with Gasteiger partial charge in [0.05, 0.1) is 11.4 Å². The molecule has 6 aromatic rings. The number of carbonyl (C=O) groups is 2. The average molecular weight is 991 g/mol. The monoisotopic (exact) mass is 990 g/mol. The summed E-state index contributed by atoms with van der Waals surface area (Å²) in [6, 6.07) is 23.9. The second kappa shape index (κ2) is 22.2. The number of H-pyrrole nitrogens is 1. The Balaban J connectivity index is 0.000000212. The first kappa shape index (κ1) is 51.6. The van der Waals surface area contributed by atoms with E-state index in [-0.39, 0.29) is 43.1 Å². The van der Waals surface area contributed by atoms with Gasteiger partial charge in [0.25, 0.3) is 0 Å². The van der Waals surface area contributed by atoms with E-state index in [0.717, 1.165) is 73.2 Å². The Morgan fingerprint density at radius 1 is 0.643 bits per heavy atom. The standard InChI is InChI=1S/C28H35F3N4O3Si.C22H21F3N4O2/c1-39(2,3)15-14-38-18-35-27(28(29,30)31)33-26(34-35)23-12-13-24(32-17-23)22-10-8-21(9-11-22)20-6-4-19(5-7-20)16-25(36)37;23-22(24,25)21-27-20(28-29-21)17-9-10-18(26-12-17)16-7-5-15(6-8-16)14-3-1-13(2-4-14)11-19(30)31/h8-13,17,19-20H,4-7,14-16,18H2,1-3H3,(H,36,37);5-10,12-14H,1-4,11H2,(H,30,31)(H,27,28,29). The fourth-order valence-electron chi connectivity index (χ4n) is 8.95. The molecule has 2 fully saturated rings. The van der Waals surface area contributed by atoms with Crippen LogP contribution in [0.5, 0.6) is 0 Å². The van der Waals surface area contributed by atoms with Crippen molar-refractivity contribution in [1.82, 2.24) is 39.9 Å². The summed E-state index contributed by atoms with van der Waals surface area (Å²) in [6.45, 7) is 6.59. The van der Waals surface area contributed by atoms with E-state index in [1.165, 1.54) is 23.5 Å². The Labute approximate surface area is 402 Å². The van der Waals surface area contributed by atoms with Gasteiger partial charge in [-0.25, -0.2) is 14.6 Å². The first-order valence-electron chi connectivity index (χ1n) is 23.3. The zero-order chi connectivity index (χ0) is 50.2. The first-order valence-corrected chi connectivity index (χ1v) is 27.1. The summed E-state index contributed by atoms with van der Waals surface area (Å²) >= 11 is 0. The number of hydrogen-bond donors (Lipinski definition) is 3. The Morgan fingerprint density at radius 2 is 1.10 bits per heavy atom. The number of nitrogens with zero attached hydrogens (tertiary/aromatic N) is 7. The number of ether oxygens (including phenoxy) is 1. The van der Waals surface area contributed by atoms with Crippen LogP contribution < -0.4 is 0 Å². The summed E-state index contributed by atoms with van der Waals surface area (Å²) in [5.74, 6) is -2.41. The highest BCUT2D eigenvalue weighted by molar-refractivity contribution is 6.76. The molecule has 3 N–H and O–H groups in total. The molecule has 0 radical (unpaired) electrons. The lowest BCUT2D eigenvalue weighted by atomic mass is 9.77. The molecule has 70 heavy (non-hydrogen) atoms. The summed E-state index contributed by atoms with van der Waals surface area (Å²) in [7, 11) is -1.37. The molecule has 13 nitrogen and oxygen atoms in total. The van der Waals surface area contributed by atoms with Crippen molar-refractivity contribution < 1.29 is 50.9 Å². The molecule has 0 amide bonds. The smallest absolute Gasteiger partial charge is 0.451 e. The van der Waals surface area contributed by atoms with Crippen LogP contribution in [-0.4, -0.2) is 76.7 Å². The quantitative estimate of drug-likeness (QED) is 0.0506. The Morgan fingerprint density at radius 3 is 1.49 bits per heavy atom. The third-order valence-corrected chi connectivity index (χ3v) is 14.6. The lowest BCUT2D eigenvalue weighted by Gasteiger charge is -2.28. The van der Waals surface area contributed by atoms with E-state index in [0.29, 0.717) is 41.0 Å². The Kier molecular flexibility index (Phi) is 16.4. The second-order valence-electron chi connectivity index (χ2n) is 19.3. The van der Waals surface area contributed by atoms with E-state index in [4.69, 9.17) is 14.9 Å². The maximum atomic E-state index is 13.6. The van der Waals surface area contributed by atoms with Crippen LogP contribution in [0.1, 0.15) is 98.8 Å². The number of pyridine rings is 2. The van der Waals surface area contributed by atoms with Crippen LogP contribution in [0.4, 0.5) is 26.3 Å². The summed E-state index contributed by atoms with van der Waals surface area (Å²) in [4.78, 5) is 37.9. The van der Waals surface area contributed by atoms with Crippen LogP contribution in [-0.2, 0) is 33.4 Å². The van der Waals surface area contributed by atoms with E-state index in [1.54, 1.807) is 24.3 Å². The van der Waals surface area contributed by atoms with Crippen molar-refractivity contribution in [2.75, 3.05) is 6.61 Å². The number of halogens is 6. The van der Waals surface area contributed by atoms with Gasteiger partial charge in [0.15, 0.2) is 11.6 Å². The van der Waals surface area contributed by atoms with Gasteiger partial charge < -0.3 is 14.9 Å². The summed E-state index contributed by atoms with van der Waals surface area (Å²) in [6.07, 6.45) is 1.84. The molecule has 2 aliphatic carbocycles. The fourth-order valence-corrected chi connectivity index (χ4v) is 9.71. The predicted molar refractivity (Wildman–Crippen MR) is 252 cm³/mol. The maximum Gasteiger partial charge on any atom is 0.451 e. The third-order valence-electron chi connectivity index (χ3n) is 12.9. The van der Waals surface area contributed by atoms with Crippen molar-refractivity contribution in [2.45, 2.75) is 121 Å². The molecule has 2 aliphatic rings. The van der Waals surface area contributed by atoms with E-state index in [9.17, 15) is 35.9 Å². The molecule has 0 unspecified atom stereocenters. The summed E-state index contributed by atoms with van der Waals surface area (Å²) in [5.41, 5.74) is 6.44. The summed E-state index contributed by atoms with van der Waals surface area (Å²) < 4.78 is 85.0. The number of aromatic amines is 1. The topological polar surface area (TPSA) is 182 Å². The SMILES string of the molecule is C[Si](C)(C)CCOCn1nc(-c2ccc(-c3ccc(C4CCC(CC(=O)O)CC4)cc3)nc2)nc1C(F)(F)F.O=C(O)CC1CCC(c2ccc(-c3ccc(-c4n[nH]c(C(F)(F)F)n4)cn3)cc2)CC1. The molecule has 2 aromatic carbocycles. The van der Waals surface area contributed by atoms with Gasteiger partial charge in [-0.2, -0.15) is 31.4 Å².